The van der Waals surface area contributed by atoms with E-state index in [1.54, 1.807) is 0 Å². The number of nitrogens with one attached hydrogen (secondary N) is 1. The van der Waals surface area contributed by atoms with Gasteiger partial charge in [0.05, 0.1) is 6.61 Å². The van der Waals surface area contributed by atoms with Crippen LogP contribution < -0.4 is 5.32 Å². The van der Waals surface area contributed by atoms with E-state index in [0.717, 1.165) is 6.92 Å². The van der Waals surface area contributed by atoms with Crippen LogP contribution in [0.25, 0.3) is 0 Å². The van der Waals surface area contributed by atoms with Crippen LogP contribution in [-0.4, -0.2) is 68.3 Å². The minimum atomic E-state index is -4.76. The van der Waals surface area contributed by atoms with E-state index in [4.69, 9.17) is 14.5 Å². The Hall–Kier alpha value is -0.580. The second-order valence-electron chi connectivity index (χ2n) is 4.06. The number of phosphoric acid groups is 1. The molecule has 0 unspecified atom stereocenters. The van der Waals surface area contributed by atoms with Gasteiger partial charge in [-0.2, -0.15) is 0 Å². The van der Waals surface area contributed by atoms with E-state index >= 15 is 0 Å². The molecule has 0 aromatic carbocycles. The van der Waals surface area contributed by atoms with Crippen LogP contribution in [0, 0.1) is 0 Å². The number of amides is 1. The zero-order valence-electron chi connectivity index (χ0n) is 9.91. The molecule has 1 fully saturated rings. The fourth-order valence-electron chi connectivity index (χ4n) is 1.65. The van der Waals surface area contributed by atoms with Crippen molar-refractivity contribution < 1.29 is 43.7 Å². The molecule has 10 nitrogen and oxygen atoms in total. The molecule has 0 saturated carbocycles. The lowest BCUT2D eigenvalue weighted by atomic mass is 9.97. The van der Waals surface area contributed by atoms with E-state index < -0.39 is 51.0 Å². The van der Waals surface area contributed by atoms with Crippen molar-refractivity contribution in [2.24, 2.45) is 0 Å². The molecule has 112 valence electrons. The Morgan fingerprint density at radius 2 is 1.89 bits per heavy atom. The summed E-state index contributed by atoms with van der Waals surface area (Å²) in [5.41, 5.74) is 0. The highest BCUT2D eigenvalue weighted by Crippen LogP contribution is 2.36. The first-order chi connectivity index (χ1) is 8.61. The SMILES string of the molecule is CC(=O)N[C@@H]1[C@@H](O)[C@H](O)[C@@H](COP(=O)(O)O)O[C@@H]1O. The molecule has 0 bridgehead atoms. The Bertz CT molecular complexity index is 371. The van der Waals surface area contributed by atoms with Crippen LogP contribution in [-0.2, 0) is 18.6 Å². The molecule has 0 aliphatic carbocycles. The number of ether oxygens (including phenoxy) is 1. The van der Waals surface area contributed by atoms with Crippen LogP contribution in [0.4, 0.5) is 0 Å². The van der Waals surface area contributed by atoms with Gasteiger partial charge >= 0.3 is 7.82 Å². The second kappa shape index (κ2) is 6.25. The molecule has 0 radical (unpaired) electrons. The first kappa shape index (κ1) is 16.5. The van der Waals surface area contributed by atoms with E-state index in [0.29, 0.717) is 0 Å². The van der Waals surface area contributed by atoms with Gasteiger partial charge in [-0.3, -0.25) is 9.32 Å². The average molecular weight is 301 g/mol. The molecule has 1 heterocycles. The monoisotopic (exact) mass is 301 g/mol. The van der Waals surface area contributed by atoms with Gasteiger partial charge in [-0.05, 0) is 0 Å². The zero-order valence-corrected chi connectivity index (χ0v) is 10.8. The predicted molar refractivity (Wildman–Crippen MR) is 58.5 cm³/mol. The summed E-state index contributed by atoms with van der Waals surface area (Å²) in [6, 6.07) is -1.25. The number of carbonyl (C=O) groups is 1. The van der Waals surface area contributed by atoms with Crippen molar-refractivity contribution >= 4 is 13.7 Å². The van der Waals surface area contributed by atoms with Gasteiger partial charge in [0.2, 0.25) is 5.91 Å². The van der Waals surface area contributed by atoms with Crippen molar-refractivity contribution in [2.75, 3.05) is 6.61 Å². The van der Waals surface area contributed by atoms with Crippen molar-refractivity contribution in [3.8, 4) is 0 Å². The molecule has 1 aliphatic rings. The van der Waals surface area contributed by atoms with E-state index in [1.165, 1.54) is 0 Å². The van der Waals surface area contributed by atoms with Gasteiger partial charge in [-0.1, -0.05) is 0 Å². The van der Waals surface area contributed by atoms with Crippen molar-refractivity contribution in [2.45, 2.75) is 37.6 Å². The smallest absolute Gasteiger partial charge is 0.388 e. The third kappa shape index (κ3) is 4.79. The van der Waals surface area contributed by atoms with E-state index in [-0.39, 0.29) is 0 Å². The molecule has 11 heteroatoms. The van der Waals surface area contributed by atoms with Gasteiger partial charge in [0.15, 0.2) is 6.29 Å². The van der Waals surface area contributed by atoms with Crippen molar-refractivity contribution in [1.29, 1.82) is 0 Å². The second-order valence-corrected chi connectivity index (χ2v) is 5.30. The third-order valence-corrected chi connectivity index (χ3v) is 2.98. The quantitative estimate of drug-likeness (QED) is 0.297. The summed E-state index contributed by atoms with van der Waals surface area (Å²) in [5.74, 6) is -0.552. The van der Waals surface area contributed by atoms with Crippen molar-refractivity contribution in [1.82, 2.24) is 5.32 Å². The topological polar surface area (TPSA) is 166 Å². The highest BCUT2D eigenvalue weighted by atomic mass is 31.2. The molecule has 5 atom stereocenters. The lowest BCUT2D eigenvalue weighted by molar-refractivity contribution is -0.252. The number of hydrogen-bond acceptors (Lipinski definition) is 7. The summed E-state index contributed by atoms with van der Waals surface area (Å²) in [7, 11) is -4.76. The van der Waals surface area contributed by atoms with Crippen LogP contribution >= 0.6 is 7.82 Å². The van der Waals surface area contributed by atoms with Gasteiger partial charge in [0.25, 0.3) is 0 Å². The fraction of sp³-hybridized carbons (Fsp3) is 0.875. The van der Waals surface area contributed by atoms with Gasteiger partial charge in [-0.15, -0.1) is 0 Å². The van der Waals surface area contributed by atoms with Gasteiger partial charge in [-0.25, -0.2) is 4.57 Å². The molecule has 0 aromatic rings. The van der Waals surface area contributed by atoms with Crippen LogP contribution in [0.1, 0.15) is 6.92 Å². The van der Waals surface area contributed by atoms with Crippen molar-refractivity contribution in [3.05, 3.63) is 0 Å². The first-order valence-corrected chi connectivity index (χ1v) is 6.81. The summed E-state index contributed by atoms with van der Waals surface area (Å²) in [5, 5.41) is 31.1. The summed E-state index contributed by atoms with van der Waals surface area (Å²) in [4.78, 5) is 27.9. The largest absolute Gasteiger partial charge is 0.469 e. The van der Waals surface area contributed by atoms with Gasteiger partial charge < -0.3 is 35.2 Å². The molecule has 19 heavy (non-hydrogen) atoms. The third-order valence-electron chi connectivity index (χ3n) is 2.50. The van der Waals surface area contributed by atoms with E-state index in [2.05, 4.69) is 9.84 Å². The standard InChI is InChI=1S/C8H16NO9P/c1-3(10)9-5-7(12)6(11)4(18-8(5)13)2-17-19(14,15)16/h4-8,11-13H,2H2,1H3,(H,9,10)(H2,14,15,16)/t4-,5-,6-,7-,8+/m1/s1. The molecule has 1 saturated heterocycles. The summed E-state index contributed by atoms with van der Waals surface area (Å²) < 4.78 is 19.5. The maximum Gasteiger partial charge on any atom is 0.469 e. The number of hydrogen-bond donors (Lipinski definition) is 6. The predicted octanol–water partition coefficient (Wildman–Crippen LogP) is -2.96. The number of aliphatic hydroxyl groups is 3. The van der Waals surface area contributed by atoms with Gasteiger partial charge in [0, 0.05) is 6.92 Å². The Labute approximate surface area is 108 Å². The van der Waals surface area contributed by atoms with Crippen LogP contribution in [0.3, 0.4) is 0 Å². The molecule has 6 N–H and O–H groups in total. The van der Waals surface area contributed by atoms with E-state index in [9.17, 15) is 24.7 Å². The molecule has 1 amide bonds. The molecular formula is C8H16NO9P. The highest BCUT2D eigenvalue weighted by molar-refractivity contribution is 7.46. The van der Waals surface area contributed by atoms with Crippen molar-refractivity contribution in [3.63, 3.8) is 0 Å². The maximum absolute atomic E-state index is 10.9. The molecule has 1 aliphatic heterocycles. The highest BCUT2D eigenvalue weighted by Gasteiger charge is 2.44. The number of carbonyl (C=O) groups excluding carboxylic acids is 1. The molecule has 0 spiro atoms. The Morgan fingerprint density at radius 1 is 1.32 bits per heavy atom. The summed E-state index contributed by atoms with van der Waals surface area (Å²) in [6.45, 7) is 0.418. The fourth-order valence-corrected chi connectivity index (χ4v) is 1.99. The summed E-state index contributed by atoms with van der Waals surface area (Å²) in [6.07, 6.45) is -6.15. The van der Waals surface area contributed by atoms with Crippen LogP contribution in [0.2, 0.25) is 0 Å². The Morgan fingerprint density at radius 3 is 2.37 bits per heavy atom. The maximum atomic E-state index is 10.9. The van der Waals surface area contributed by atoms with Crippen LogP contribution in [0.15, 0.2) is 0 Å². The minimum Gasteiger partial charge on any atom is -0.388 e. The zero-order chi connectivity index (χ0) is 14.8. The first-order valence-electron chi connectivity index (χ1n) is 5.28. The Balaban J connectivity index is 2.66. The lowest BCUT2D eigenvalue weighted by Crippen LogP contribution is -2.64. The number of aliphatic hydroxyl groups excluding tert-OH is 3. The molecular weight excluding hydrogens is 285 g/mol. The van der Waals surface area contributed by atoms with Crippen LogP contribution in [0.5, 0.6) is 0 Å². The minimum absolute atomic E-state index is 0.552. The average Bonchev–Trinajstić information content (AvgIpc) is 2.26. The molecule has 0 aromatic heterocycles. The lowest BCUT2D eigenvalue weighted by Gasteiger charge is -2.40. The normalized spacial score (nSPS) is 36.0. The van der Waals surface area contributed by atoms with E-state index in [1.807, 2.05) is 0 Å². The number of rotatable bonds is 4. The summed E-state index contributed by atoms with van der Waals surface area (Å²) >= 11 is 0. The van der Waals surface area contributed by atoms with Gasteiger partial charge in [0.1, 0.15) is 24.4 Å². The number of phosphoric ester groups is 1. The molecule has 1 rings (SSSR count). The Kier molecular flexibility index (Phi) is 5.42.